The van der Waals surface area contributed by atoms with Crippen molar-refractivity contribution in [2.75, 3.05) is 27.8 Å². The Bertz CT molecular complexity index is 722. The summed E-state index contributed by atoms with van der Waals surface area (Å²) >= 11 is 6.38. The summed E-state index contributed by atoms with van der Waals surface area (Å²) in [5.74, 6) is 1.23. The summed E-state index contributed by atoms with van der Waals surface area (Å²) < 4.78 is 10.8. The molecule has 6 heteroatoms. The number of carbonyl (C=O) groups is 1. The number of hydrogen-bond acceptors (Lipinski definition) is 4. The van der Waals surface area contributed by atoms with E-state index in [4.69, 9.17) is 21.1 Å². The average Bonchev–Trinajstić information content (AvgIpc) is 2.64. The molecule has 0 spiro atoms. The predicted molar refractivity (Wildman–Crippen MR) is 99.5 cm³/mol. The number of amides is 1. The van der Waals surface area contributed by atoms with Crippen LogP contribution < -0.4 is 20.1 Å². The third-order valence-electron chi connectivity index (χ3n) is 3.88. The van der Waals surface area contributed by atoms with Crippen LogP contribution >= 0.6 is 11.6 Å². The lowest BCUT2D eigenvalue weighted by molar-refractivity contribution is -0.121. The molecule has 0 aliphatic rings. The second-order valence-electron chi connectivity index (χ2n) is 5.48. The van der Waals surface area contributed by atoms with Gasteiger partial charge in [-0.3, -0.25) is 4.79 Å². The zero-order valence-electron chi connectivity index (χ0n) is 14.6. The number of nitrogens with one attached hydrogen (secondary N) is 2. The second kappa shape index (κ2) is 9.30. The van der Waals surface area contributed by atoms with Crippen LogP contribution in [0.2, 0.25) is 5.02 Å². The summed E-state index contributed by atoms with van der Waals surface area (Å²) in [6, 6.07) is 12.5. The summed E-state index contributed by atoms with van der Waals surface area (Å²) in [6.45, 7) is 0.598. The molecule has 2 aromatic carbocycles. The first kappa shape index (κ1) is 19.1. The first-order valence-electron chi connectivity index (χ1n) is 8.01. The van der Waals surface area contributed by atoms with Crippen molar-refractivity contribution in [3.8, 4) is 11.5 Å². The highest BCUT2D eigenvalue weighted by Gasteiger charge is 2.22. The van der Waals surface area contributed by atoms with Gasteiger partial charge in [-0.25, -0.2) is 0 Å². The Morgan fingerprint density at radius 3 is 2.52 bits per heavy atom. The van der Waals surface area contributed by atoms with E-state index >= 15 is 0 Å². The van der Waals surface area contributed by atoms with Crippen molar-refractivity contribution in [1.29, 1.82) is 0 Å². The predicted octanol–water partition coefficient (Wildman–Crippen LogP) is 3.17. The van der Waals surface area contributed by atoms with Crippen LogP contribution in [0.25, 0.3) is 0 Å². The topological polar surface area (TPSA) is 59.6 Å². The van der Waals surface area contributed by atoms with Gasteiger partial charge in [-0.2, -0.15) is 0 Å². The zero-order valence-corrected chi connectivity index (χ0v) is 15.4. The van der Waals surface area contributed by atoms with Crippen LogP contribution in [0.3, 0.4) is 0 Å². The van der Waals surface area contributed by atoms with E-state index in [-0.39, 0.29) is 5.91 Å². The molecule has 0 fully saturated rings. The Hall–Kier alpha value is -2.24. The fourth-order valence-electron chi connectivity index (χ4n) is 2.56. The van der Waals surface area contributed by atoms with Gasteiger partial charge in [0, 0.05) is 29.6 Å². The molecule has 0 aliphatic heterocycles. The minimum absolute atomic E-state index is 0.0721. The lowest BCUT2D eigenvalue weighted by Crippen LogP contribution is -2.31. The number of rotatable bonds is 8. The SMILES string of the molecule is CNCCC(=O)NC(c1ccccc1Cl)c1ccc(OC)cc1OC. The maximum atomic E-state index is 12.3. The highest BCUT2D eigenvalue weighted by atomic mass is 35.5. The van der Waals surface area contributed by atoms with E-state index in [9.17, 15) is 4.79 Å². The molecule has 0 aliphatic carbocycles. The van der Waals surface area contributed by atoms with Crippen LogP contribution in [-0.2, 0) is 4.79 Å². The Morgan fingerprint density at radius 2 is 1.88 bits per heavy atom. The molecule has 0 aromatic heterocycles. The zero-order chi connectivity index (χ0) is 18.2. The number of halogens is 1. The Morgan fingerprint density at radius 1 is 1.12 bits per heavy atom. The largest absolute Gasteiger partial charge is 0.497 e. The molecule has 2 rings (SSSR count). The lowest BCUT2D eigenvalue weighted by Gasteiger charge is -2.23. The van der Waals surface area contributed by atoms with Crippen molar-refractivity contribution in [3.63, 3.8) is 0 Å². The summed E-state index contributed by atoms with van der Waals surface area (Å²) in [6.07, 6.45) is 0.371. The van der Waals surface area contributed by atoms with Gasteiger partial charge in [0.15, 0.2) is 0 Å². The Labute approximate surface area is 153 Å². The van der Waals surface area contributed by atoms with Crippen LogP contribution in [0, 0.1) is 0 Å². The highest BCUT2D eigenvalue weighted by Crippen LogP contribution is 2.35. The van der Waals surface area contributed by atoms with Crippen LogP contribution in [0.5, 0.6) is 11.5 Å². The number of hydrogen-bond donors (Lipinski definition) is 2. The van der Waals surface area contributed by atoms with Crippen LogP contribution in [0.4, 0.5) is 0 Å². The minimum Gasteiger partial charge on any atom is -0.497 e. The first-order chi connectivity index (χ1) is 12.1. The van der Waals surface area contributed by atoms with Gasteiger partial charge in [0.25, 0.3) is 0 Å². The molecule has 1 atom stereocenters. The molecule has 134 valence electrons. The van der Waals surface area contributed by atoms with E-state index in [0.29, 0.717) is 29.5 Å². The van der Waals surface area contributed by atoms with Crippen molar-refractivity contribution in [3.05, 3.63) is 58.6 Å². The molecular weight excluding hydrogens is 340 g/mol. The maximum absolute atomic E-state index is 12.3. The van der Waals surface area contributed by atoms with Gasteiger partial charge in [0.05, 0.1) is 20.3 Å². The van der Waals surface area contributed by atoms with E-state index in [0.717, 1.165) is 11.1 Å². The fourth-order valence-corrected chi connectivity index (χ4v) is 2.81. The normalized spacial score (nSPS) is 11.7. The molecule has 1 amide bonds. The van der Waals surface area contributed by atoms with Gasteiger partial charge >= 0.3 is 0 Å². The molecule has 0 heterocycles. The van der Waals surface area contributed by atoms with Crippen LogP contribution in [-0.4, -0.2) is 33.7 Å². The quantitative estimate of drug-likeness (QED) is 0.757. The van der Waals surface area contributed by atoms with Gasteiger partial charge in [0.2, 0.25) is 5.91 Å². The lowest BCUT2D eigenvalue weighted by atomic mass is 9.97. The van der Waals surface area contributed by atoms with Crippen molar-refractivity contribution < 1.29 is 14.3 Å². The Balaban J connectivity index is 2.44. The maximum Gasteiger partial charge on any atom is 0.222 e. The molecule has 25 heavy (non-hydrogen) atoms. The van der Waals surface area contributed by atoms with Crippen molar-refractivity contribution in [1.82, 2.24) is 10.6 Å². The van der Waals surface area contributed by atoms with E-state index < -0.39 is 6.04 Å². The van der Waals surface area contributed by atoms with E-state index in [1.165, 1.54) is 0 Å². The molecule has 0 radical (unpaired) electrons. The van der Waals surface area contributed by atoms with Gasteiger partial charge in [-0.05, 0) is 30.8 Å². The number of carbonyl (C=O) groups excluding carboxylic acids is 1. The minimum atomic E-state index is -0.418. The van der Waals surface area contributed by atoms with E-state index in [1.54, 1.807) is 26.4 Å². The van der Waals surface area contributed by atoms with E-state index in [1.807, 2.05) is 37.4 Å². The second-order valence-corrected chi connectivity index (χ2v) is 5.89. The van der Waals surface area contributed by atoms with E-state index in [2.05, 4.69) is 10.6 Å². The standard InChI is InChI=1S/C19H23ClN2O3/c1-21-11-10-18(23)22-19(14-6-4-5-7-16(14)20)15-9-8-13(24-2)12-17(15)25-3/h4-9,12,19,21H,10-11H2,1-3H3,(H,22,23). The summed E-state index contributed by atoms with van der Waals surface area (Å²) in [4.78, 5) is 12.3. The van der Waals surface area contributed by atoms with Gasteiger partial charge in [-0.15, -0.1) is 0 Å². The highest BCUT2D eigenvalue weighted by molar-refractivity contribution is 6.31. The van der Waals surface area contributed by atoms with Crippen LogP contribution in [0.15, 0.2) is 42.5 Å². The average molecular weight is 363 g/mol. The number of methoxy groups -OCH3 is 2. The molecular formula is C19H23ClN2O3. The first-order valence-corrected chi connectivity index (χ1v) is 8.38. The molecule has 0 bridgehead atoms. The molecule has 1 unspecified atom stereocenters. The molecule has 5 nitrogen and oxygen atoms in total. The number of ether oxygens (including phenoxy) is 2. The fraction of sp³-hybridized carbons (Fsp3) is 0.316. The molecule has 2 aromatic rings. The number of benzene rings is 2. The van der Waals surface area contributed by atoms with Gasteiger partial charge in [0.1, 0.15) is 11.5 Å². The van der Waals surface area contributed by atoms with Crippen molar-refractivity contribution in [2.24, 2.45) is 0 Å². The molecule has 0 saturated heterocycles. The monoisotopic (exact) mass is 362 g/mol. The smallest absolute Gasteiger partial charge is 0.222 e. The third kappa shape index (κ3) is 4.87. The van der Waals surface area contributed by atoms with Crippen molar-refractivity contribution in [2.45, 2.75) is 12.5 Å². The summed E-state index contributed by atoms with van der Waals surface area (Å²) in [5.41, 5.74) is 1.62. The summed E-state index contributed by atoms with van der Waals surface area (Å²) in [7, 11) is 5.00. The third-order valence-corrected chi connectivity index (χ3v) is 4.22. The molecule has 0 saturated carbocycles. The van der Waals surface area contributed by atoms with Gasteiger partial charge < -0.3 is 20.1 Å². The van der Waals surface area contributed by atoms with Gasteiger partial charge in [-0.1, -0.05) is 29.8 Å². The van der Waals surface area contributed by atoms with Crippen molar-refractivity contribution >= 4 is 17.5 Å². The van der Waals surface area contributed by atoms with Crippen LogP contribution in [0.1, 0.15) is 23.6 Å². The Kier molecular flexibility index (Phi) is 7.10. The molecule has 2 N–H and O–H groups in total. The summed E-state index contributed by atoms with van der Waals surface area (Å²) in [5, 5.41) is 6.61.